The highest BCUT2D eigenvalue weighted by molar-refractivity contribution is 5.92. The first-order chi connectivity index (χ1) is 12.5. The van der Waals surface area contributed by atoms with E-state index in [1.165, 1.54) is 19.3 Å². The molecule has 0 bridgehead atoms. The number of ether oxygens (including phenoxy) is 2. The molecule has 0 saturated heterocycles. The predicted octanol–water partition coefficient (Wildman–Crippen LogP) is 3.61. The van der Waals surface area contributed by atoms with E-state index in [-0.39, 0.29) is 5.69 Å². The second-order valence-corrected chi connectivity index (χ2v) is 6.17. The number of rotatable bonds is 7. The molecule has 0 unspecified atom stereocenters. The Morgan fingerprint density at radius 3 is 2.42 bits per heavy atom. The molecular formula is C18H24F2N2O4. The Hall–Kier alpha value is -2.22. The number of carbonyl (C=O) groups excluding carboxylic acids is 2. The number of urea groups is 1. The summed E-state index contributed by atoms with van der Waals surface area (Å²) in [5.41, 5.74) is -0.887. The molecule has 1 fully saturated rings. The molecule has 1 aliphatic rings. The van der Waals surface area contributed by atoms with Gasteiger partial charge in [-0.15, -0.1) is 0 Å². The van der Waals surface area contributed by atoms with Gasteiger partial charge in [-0.1, -0.05) is 19.3 Å². The summed E-state index contributed by atoms with van der Waals surface area (Å²) in [5, 5.41) is 4.91. The highest BCUT2D eigenvalue weighted by Gasteiger charge is 2.20. The van der Waals surface area contributed by atoms with Crippen LogP contribution in [0.25, 0.3) is 0 Å². The van der Waals surface area contributed by atoms with E-state index in [1.54, 1.807) is 0 Å². The zero-order valence-corrected chi connectivity index (χ0v) is 14.8. The van der Waals surface area contributed by atoms with Crippen molar-refractivity contribution in [2.24, 2.45) is 0 Å². The molecule has 0 heterocycles. The van der Waals surface area contributed by atoms with E-state index in [1.807, 2.05) is 0 Å². The number of nitrogens with one attached hydrogen (secondary N) is 2. The first-order valence-corrected chi connectivity index (χ1v) is 8.75. The number of benzene rings is 1. The fourth-order valence-corrected chi connectivity index (χ4v) is 2.87. The lowest BCUT2D eigenvalue weighted by molar-refractivity contribution is 0.0276. The van der Waals surface area contributed by atoms with Crippen LogP contribution in [0.2, 0.25) is 0 Å². The molecule has 26 heavy (non-hydrogen) atoms. The van der Waals surface area contributed by atoms with Crippen molar-refractivity contribution < 1.29 is 27.8 Å². The molecule has 0 radical (unpaired) electrons. The zero-order valence-electron chi connectivity index (χ0n) is 14.8. The second-order valence-electron chi connectivity index (χ2n) is 6.17. The standard InChI is InChI=1S/C18H24F2N2O4/c1-25-17(23)16-14(19)10-12(11-15(16)20)22-18(24)21-8-5-9-26-13-6-3-2-4-7-13/h10-11,13H,2-9H2,1H3,(H2,21,22,24). The third-order valence-electron chi connectivity index (χ3n) is 4.20. The maximum Gasteiger partial charge on any atom is 0.343 e. The van der Waals surface area contributed by atoms with Crippen LogP contribution in [0, 0.1) is 11.6 Å². The molecule has 0 aromatic heterocycles. The lowest BCUT2D eigenvalue weighted by Gasteiger charge is -2.21. The third-order valence-corrected chi connectivity index (χ3v) is 4.20. The van der Waals surface area contributed by atoms with Gasteiger partial charge in [0.05, 0.1) is 13.2 Å². The van der Waals surface area contributed by atoms with Gasteiger partial charge in [0.1, 0.15) is 17.2 Å². The van der Waals surface area contributed by atoms with Gasteiger partial charge in [-0.25, -0.2) is 18.4 Å². The Bertz CT molecular complexity index is 611. The molecule has 2 N–H and O–H groups in total. The van der Waals surface area contributed by atoms with E-state index in [4.69, 9.17) is 4.74 Å². The smallest absolute Gasteiger partial charge is 0.343 e. The summed E-state index contributed by atoms with van der Waals surface area (Å²) in [6.45, 7) is 0.936. The van der Waals surface area contributed by atoms with Gasteiger partial charge in [0.15, 0.2) is 0 Å². The molecule has 2 rings (SSSR count). The largest absolute Gasteiger partial charge is 0.465 e. The molecule has 0 atom stereocenters. The van der Waals surface area contributed by atoms with Crippen LogP contribution >= 0.6 is 0 Å². The molecular weight excluding hydrogens is 346 g/mol. The van der Waals surface area contributed by atoms with E-state index in [0.717, 1.165) is 32.1 Å². The van der Waals surface area contributed by atoms with Gasteiger partial charge < -0.3 is 20.1 Å². The number of methoxy groups -OCH3 is 1. The highest BCUT2D eigenvalue weighted by Crippen LogP contribution is 2.21. The minimum absolute atomic E-state index is 0.0939. The fourth-order valence-electron chi connectivity index (χ4n) is 2.87. The molecule has 2 amide bonds. The molecule has 1 aromatic carbocycles. The van der Waals surface area contributed by atoms with Crippen LogP contribution in [0.1, 0.15) is 48.9 Å². The summed E-state index contributed by atoms with van der Waals surface area (Å²) in [4.78, 5) is 23.1. The maximum atomic E-state index is 13.8. The summed E-state index contributed by atoms with van der Waals surface area (Å²) in [7, 11) is 1.03. The summed E-state index contributed by atoms with van der Waals surface area (Å²) >= 11 is 0. The summed E-state index contributed by atoms with van der Waals surface area (Å²) in [6, 6.07) is 1.13. The number of hydrogen-bond donors (Lipinski definition) is 2. The number of esters is 1. The minimum atomic E-state index is -1.12. The summed E-state index contributed by atoms with van der Waals surface area (Å²) in [6.07, 6.45) is 6.81. The van der Waals surface area contributed by atoms with Gasteiger partial charge in [0.2, 0.25) is 0 Å². The normalized spacial score (nSPS) is 14.7. The van der Waals surface area contributed by atoms with Crippen LogP contribution in [0.15, 0.2) is 12.1 Å². The van der Waals surface area contributed by atoms with Gasteiger partial charge in [-0.3, -0.25) is 0 Å². The van der Waals surface area contributed by atoms with Crippen molar-refractivity contribution in [1.82, 2.24) is 5.32 Å². The minimum Gasteiger partial charge on any atom is -0.465 e. The predicted molar refractivity (Wildman–Crippen MR) is 92.2 cm³/mol. The Kier molecular flexibility index (Phi) is 7.77. The third kappa shape index (κ3) is 5.94. The molecule has 144 valence electrons. The second kappa shape index (κ2) is 10.1. The van der Waals surface area contributed by atoms with Gasteiger partial charge in [-0.05, 0) is 31.4 Å². The summed E-state index contributed by atoms with van der Waals surface area (Å²) in [5.74, 6) is -3.32. The molecule has 8 heteroatoms. The average Bonchev–Trinajstić information content (AvgIpc) is 2.61. The van der Waals surface area contributed by atoms with E-state index in [2.05, 4.69) is 15.4 Å². The van der Waals surface area contributed by atoms with Crippen molar-refractivity contribution >= 4 is 17.7 Å². The maximum absolute atomic E-state index is 13.8. The molecule has 1 aromatic rings. The van der Waals surface area contributed by atoms with Crippen molar-refractivity contribution in [3.05, 3.63) is 29.3 Å². The van der Waals surface area contributed by atoms with Crippen LogP contribution in [-0.4, -0.2) is 38.4 Å². The molecule has 6 nitrogen and oxygen atoms in total. The Morgan fingerprint density at radius 1 is 1.15 bits per heavy atom. The van der Waals surface area contributed by atoms with E-state index in [0.29, 0.717) is 25.7 Å². The molecule has 1 aliphatic carbocycles. The zero-order chi connectivity index (χ0) is 18.9. The van der Waals surface area contributed by atoms with Gasteiger partial charge in [0, 0.05) is 18.8 Å². The van der Waals surface area contributed by atoms with E-state index in [9.17, 15) is 18.4 Å². The van der Waals surface area contributed by atoms with Gasteiger partial charge in [0.25, 0.3) is 0 Å². The van der Waals surface area contributed by atoms with E-state index >= 15 is 0 Å². The van der Waals surface area contributed by atoms with Crippen molar-refractivity contribution in [3.8, 4) is 0 Å². The van der Waals surface area contributed by atoms with Crippen LogP contribution < -0.4 is 10.6 Å². The summed E-state index contributed by atoms with van der Waals surface area (Å²) < 4.78 is 37.7. The lowest BCUT2D eigenvalue weighted by Crippen LogP contribution is -2.30. The number of halogens is 2. The van der Waals surface area contributed by atoms with Crippen molar-refractivity contribution in [2.75, 3.05) is 25.6 Å². The fraction of sp³-hybridized carbons (Fsp3) is 0.556. The Balaban J connectivity index is 1.72. The lowest BCUT2D eigenvalue weighted by atomic mass is 9.98. The Morgan fingerprint density at radius 2 is 1.81 bits per heavy atom. The van der Waals surface area contributed by atoms with Gasteiger partial charge >= 0.3 is 12.0 Å². The topological polar surface area (TPSA) is 76.7 Å². The number of amides is 2. The molecule has 1 saturated carbocycles. The first-order valence-electron chi connectivity index (χ1n) is 8.75. The van der Waals surface area contributed by atoms with Gasteiger partial charge in [-0.2, -0.15) is 0 Å². The van der Waals surface area contributed by atoms with Crippen molar-refractivity contribution in [2.45, 2.75) is 44.6 Å². The van der Waals surface area contributed by atoms with Crippen LogP contribution in [-0.2, 0) is 9.47 Å². The van der Waals surface area contributed by atoms with Crippen molar-refractivity contribution in [3.63, 3.8) is 0 Å². The van der Waals surface area contributed by atoms with Crippen LogP contribution in [0.4, 0.5) is 19.3 Å². The first kappa shape index (κ1) is 20.1. The SMILES string of the molecule is COC(=O)c1c(F)cc(NC(=O)NCCCOC2CCCCC2)cc1F. The highest BCUT2D eigenvalue weighted by atomic mass is 19.1. The monoisotopic (exact) mass is 370 g/mol. The average molecular weight is 370 g/mol. The number of hydrogen-bond acceptors (Lipinski definition) is 4. The van der Waals surface area contributed by atoms with Crippen LogP contribution in [0.5, 0.6) is 0 Å². The quantitative estimate of drug-likeness (QED) is 0.568. The Labute approximate surface area is 151 Å². The molecule has 0 aliphatic heterocycles. The van der Waals surface area contributed by atoms with Crippen LogP contribution in [0.3, 0.4) is 0 Å². The number of carbonyl (C=O) groups is 2. The number of anilines is 1. The molecule has 0 spiro atoms. The van der Waals surface area contributed by atoms with Crippen molar-refractivity contribution in [1.29, 1.82) is 0 Å². The van der Waals surface area contributed by atoms with E-state index < -0.39 is 29.2 Å².